The van der Waals surface area contributed by atoms with E-state index >= 15 is 0 Å². The Hall–Kier alpha value is -2.83. The zero-order valence-corrected chi connectivity index (χ0v) is 19.8. The van der Waals surface area contributed by atoms with Gasteiger partial charge in [-0.25, -0.2) is 5.43 Å². The quantitative estimate of drug-likeness (QED) is 0.316. The Bertz CT molecular complexity index is 1110. The molecule has 0 aromatic heterocycles. The number of hydrogen-bond donors (Lipinski definition) is 1. The van der Waals surface area contributed by atoms with Crippen molar-refractivity contribution in [2.45, 2.75) is 20.5 Å². The number of rotatable bonds is 7. The standard InChI is InChI=1S/C24H22BrClN2O3/c1-15-9-21(10-16(2)23(15)26)31-14-19-11-17(7-8-22(19)30-3)13-27-28-24(29)18-5-4-6-20(25)12-18/h4-13H,14H2,1-3H3,(H,28,29)/b27-13+. The molecule has 0 heterocycles. The lowest BCUT2D eigenvalue weighted by molar-refractivity contribution is 0.0955. The highest BCUT2D eigenvalue weighted by molar-refractivity contribution is 9.10. The molecule has 3 aromatic carbocycles. The Labute approximate surface area is 195 Å². The molecule has 0 aliphatic carbocycles. The second-order valence-electron chi connectivity index (χ2n) is 6.94. The molecule has 0 saturated carbocycles. The fraction of sp³-hybridized carbons (Fsp3) is 0.167. The molecule has 1 amide bonds. The average molecular weight is 502 g/mol. The zero-order valence-electron chi connectivity index (χ0n) is 17.4. The smallest absolute Gasteiger partial charge is 0.271 e. The molecule has 0 saturated heterocycles. The van der Waals surface area contributed by atoms with Gasteiger partial charge in [0.2, 0.25) is 0 Å². The van der Waals surface area contributed by atoms with Crippen molar-refractivity contribution in [3.05, 3.63) is 91.9 Å². The van der Waals surface area contributed by atoms with Crippen LogP contribution >= 0.6 is 27.5 Å². The SMILES string of the molecule is COc1ccc(/C=N/NC(=O)c2cccc(Br)c2)cc1COc1cc(C)c(Cl)c(C)c1. The number of carbonyl (C=O) groups excluding carboxylic acids is 1. The van der Waals surface area contributed by atoms with Crippen molar-refractivity contribution in [3.8, 4) is 11.5 Å². The third-order valence-corrected chi connectivity index (χ3v) is 5.66. The Morgan fingerprint density at radius 3 is 2.55 bits per heavy atom. The number of halogens is 2. The molecule has 0 spiro atoms. The second kappa shape index (κ2) is 10.5. The summed E-state index contributed by atoms with van der Waals surface area (Å²) in [6, 6.07) is 16.5. The van der Waals surface area contributed by atoms with Crippen molar-refractivity contribution < 1.29 is 14.3 Å². The molecule has 1 N–H and O–H groups in total. The van der Waals surface area contributed by atoms with E-state index in [4.69, 9.17) is 21.1 Å². The predicted octanol–water partition coefficient (Wildman–Crippen LogP) is 6.07. The van der Waals surface area contributed by atoms with Gasteiger partial charge in [0, 0.05) is 20.6 Å². The fourth-order valence-corrected chi connectivity index (χ4v) is 3.51. The van der Waals surface area contributed by atoms with E-state index < -0.39 is 0 Å². The number of ether oxygens (including phenoxy) is 2. The van der Waals surface area contributed by atoms with Gasteiger partial charge < -0.3 is 9.47 Å². The van der Waals surface area contributed by atoms with Gasteiger partial charge in [0.25, 0.3) is 5.91 Å². The van der Waals surface area contributed by atoms with Gasteiger partial charge in [-0.3, -0.25) is 4.79 Å². The first-order valence-corrected chi connectivity index (χ1v) is 10.7. The molecule has 3 aromatic rings. The number of benzene rings is 3. The van der Waals surface area contributed by atoms with Gasteiger partial charge in [-0.1, -0.05) is 33.6 Å². The molecular formula is C24H22BrClN2O3. The first kappa shape index (κ1) is 22.8. The maximum Gasteiger partial charge on any atom is 0.271 e. The maximum atomic E-state index is 12.2. The van der Waals surface area contributed by atoms with E-state index in [0.717, 1.165) is 37.5 Å². The number of carbonyl (C=O) groups is 1. The molecule has 0 bridgehead atoms. The van der Waals surface area contributed by atoms with Crippen molar-refractivity contribution in [1.29, 1.82) is 0 Å². The Morgan fingerprint density at radius 2 is 1.87 bits per heavy atom. The zero-order chi connectivity index (χ0) is 22.4. The van der Waals surface area contributed by atoms with Crippen LogP contribution in [0.25, 0.3) is 0 Å². The summed E-state index contributed by atoms with van der Waals surface area (Å²) < 4.78 is 12.2. The lowest BCUT2D eigenvalue weighted by atomic mass is 10.1. The van der Waals surface area contributed by atoms with E-state index in [1.165, 1.54) is 0 Å². The minimum Gasteiger partial charge on any atom is -0.496 e. The molecule has 31 heavy (non-hydrogen) atoms. The van der Waals surface area contributed by atoms with Gasteiger partial charge >= 0.3 is 0 Å². The van der Waals surface area contributed by atoms with Gasteiger partial charge in [0.05, 0.1) is 13.3 Å². The van der Waals surface area contributed by atoms with Crippen LogP contribution in [-0.2, 0) is 6.61 Å². The minimum atomic E-state index is -0.289. The number of nitrogens with zero attached hydrogens (tertiary/aromatic N) is 1. The lowest BCUT2D eigenvalue weighted by Gasteiger charge is -2.13. The van der Waals surface area contributed by atoms with Crippen LogP contribution in [0, 0.1) is 13.8 Å². The van der Waals surface area contributed by atoms with E-state index in [2.05, 4.69) is 26.5 Å². The van der Waals surface area contributed by atoms with Crippen molar-refractivity contribution in [2.24, 2.45) is 5.10 Å². The van der Waals surface area contributed by atoms with Crippen LogP contribution in [-0.4, -0.2) is 19.2 Å². The summed E-state index contributed by atoms with van der Waals surface area (Å²) in [7, 11) is 1.61. The molecular weight excluding hydrogens is 480 g/mol. The van der Waals surface area contributed by atoms with Crippen molar-refractivity contribution in [2.75, 3.05) is 7.11 Å². The van der Waals surface area contributed by atoms with Crippen molar-refractivity contribution in [3.63, 3.8) is 0 Å². The van der Waals surface area contributed by atoms with E-state index in [1.807, 2.05) is 50.2 Å². The minimum absolute atomic E-state index is 0.289. The topological polar surface area (TPSA) is 59.9 Å². The largest absolute Gasteiger partial charge is 0.496 e. The van der Waals surface area contributed by atoms with Crippen LogP contribution in [0.5, 0.6) is 11.5 Å². The lowest BCUT2D eigenvalue weighted by Crippen LogP contribution is -2.17. The van der Waals surface area contributed by atoms with E-state index in [0.29, 0.717) is 17.9 Å². The molecule has 5 nitrogen and oxygen atoms in total. The van der Waals surface area contributed by atoms with Crippen molar-refractivity contribution >= 4 is 39.7 Å². The Morgan fingerprint density at radius 1 is 1.13 bits per heavy atom. The molecule has 0 aliphatic heterocycles. The van der Waals surface area contributed by atoms with E-state index in [-0.39, 0.29) is 5.91 Å². The molecule has 7 heteroatoms. The first-order valence-electron chi connectivity index (χ1n) is 9.53. The van der Waals surface area contributed by atoms with Crippen LogP contribution < -0.4 is 14.9 Å². The van der Waals surface area contributed by atoms with E-state index in [9.17, 15) is 4.79 Å². The molecule has 160 valence electrons. The fourth-order valence-electron chi connectivity index (χ4n) is 3.00. The monoisotopic (exact) mass is 500 g/mol. The number of hydrazone groups is 1. The number of methoxy groups -OCH3 is 1. The third-order valence-electron chi connectivity index (χ3n) is 4.58. The summed E-state index contributed by atoms with van der Waals surface area (Å²) in [6.45, 7) is 4.21. The summed E-state index contributed by atoms with van der Waals surface area (Å²) in [4.78, 5) is 12.2. The van der Waals surface area contributed by atoms with Gasteiger partial charge in [-0.2, -0.15) is 5.10 Å². The number of amides is 1. The molecule has 3 rings (SSSR count). The highest BCUT2D eigenvalue weighted by atomic mass is 79.9. The summed E-state index contributed by atoms with van der Waals surface area (Å²) in [6.07, 6.45) is 1.58. The Balaban J connectivity index is 1.70. The van der Waals surface area contributed by atoms with Gasteiger partial charge in [-0.05, 0) is 79.1 Å². The van der Waals surface area contributed by atoms with Gasteiger partial charge in [0.15, 0.2) is 0 Å². The number of nitrogens with one attached hydrogen (secondary N) is 1. The average Bonchev–Trinajstić information content (AvgIpc) is 2.76. The number of aryl methyl sites for hydroxylation is 2. The summed E-state index contributed by atoms with van der Waals surface area (Å²) in [5, 5.41) is 4.80. The summed E-state index contributed by atoms with van der Waals surface area (Å²) in [5.74, 6) is 1.16. The maximum absolute atomic E-state index is 12.2. The first-order chi connectivity index (χ1) is 14.9. The Kier molecular flexibility index (Phi) is 7.71. The molecule has 0 fully saturated rings. The van der Waals surface area contributed by atoms with Crippen LogP contribution in [0.4, 0.5) is 0 Å². The van der Waals surface area contributed by atoms with Crippen molar-refractivity contribution in [1.82, 2.24) is 5.43 Å². The molecule has 0 aliphatic rings. The van der Waals surface area contributed by atoms with Gasteiger partial charge in [-0.15, -0.1) is 0 Å². The highest BCUT2D eigenvalue weighted by Gasteiger charge is 2.08. The van der Waals surface area contributed by atoms with Crippen LogP contribution in [0.1, 0.15) is 32.6 Å². The number of hydrogen-bond acceptors (Lipinski definition) is 4. The molecule has 0 unspecified atom stereocenters. The summed E-state index contributed by atoms with van der Waals surface area (Å²) >= 11 is 9.58. The molecule has 0 atom stereocenters. The van der Waals surface area contributed by atoms with Gasteiger partial charge in [0.1, 0.15) is 18.1 Å². The second-order valence-corrected chi connectivity index (χ2v) is 8.23. The predicted molar refractivity (Wildman–Crippen MR) is 127 cm³/mol. The van der Waals surface area contributed by atoms with E-state index in [1.54, 1.807) is 31.5 Å². The van der Waals surface area contributed by atoms with Crippen LogP contribution in [0.2, 0.25) is 5.02 Å². The van der Waals surface area contributed by atoms with Crippen LogP contribution in [0.15, 0.2) is 64.2 Å². The third kappa shape index (κ3) is 6.09. The van der Waals surface area contributed by atoms with Crippen LogP contribution in [0.3, 0.4) is 0 Å². The highest BCUT2D eigenvalue weighted by Crippen LogP contribution is 2.27. The summed E-state index contributed by atoms with van der Waals surface area (Å²) in [5.41, 5.74) is 6.64. The normalized spacial score (nSPS) is 10.9. The molecule has 0 radical (unpaired) electrons.